The Labute approximate surface area is 148 Å². The Morgan fingerprint density at radius 1 is 1.36 bits per heavy atom. The van der Waals surface area contributed by atoms with Gasteiger partial charge in [0.1, 0.15) is 17.1 Å². The zero-order chi connectivity index (χ0) is 17.7. The van der Waals surface area contributed by atoms with Gasteiger partial charge in [0.15, 0.2) is 0 Å². The summed E-state index contributed by atoms with van der Waals surface area (Å²) in [6.07, 6.45) is 3.13. The molecular weight excluding hydrogens is 318 g/mol. The molecule has 1 N–H and O–H groups in total. The Morgan fingerprint density at radius 2 is 2.20 bits per heavy atom. The van der Waals surface area contributed by atoms with Gasteiger partial charge >= 0.3 is 5.97 Å². The standard InChI is InChI=1S/C20H25NO4/c1-3-24-16-5-4-14-10-18-20(25-13(2)22)7-6-15(23)12-19(20,8-9-21-18)17(14)11-16/h4-5,11,18,21H,3,6-10,12H2,1-2H3/t18-,19-,20?/m1/s1. The molecule has 2 fully saturated rings. The van der Waals surface area contributed by atoms with Gasteiger partial charge in [-0.3, -0.25) is 9.59 Å². The second kappa shape index (κ2) is 5.84. The monoisotopic (exact) mass is 343 g/mol. The van der Waals surface area contributed by atoms with Crippen molar-refractivity contribution in [2.75, 3.05) is 13.2 Å². The molecule has 1 saturated heterocycles. The highest BCUT2D eigenvalue weighted by molar-refractivity contribution is 5.83. The normalized spacial score (nSPS) is 33.2. The number of nitrogens with one attached hydrogen (secondary N) is 1. The first-order chi connectivity index (χ1) is 12.0. The van der Waals surface area contributed by atoms with Crippen LogP contribution >= 0.6 is 0 Å². The van der Waals surface area contributed by atoms with E-state index in [9.17, 15) is 9.59 Å². The zero-order valence-electron chi connectivity index (χ0n) is 14.9. The number of fused-ring (bicyclic) bond motifs is 1. The fourth-order valence-corrected chi connectivity index (χ4v) is 5.40. The number of hydrogen-bond donors (Lipinski definition) is 1. The fraction of sp³-hybridized carbons (Fsp3) is 0.600. The van der Waals surface area contributed by atoms with E-state index in [2.05, 4.69) is 17.4 Å². The van der Waals surface area contributed by atoms with Crippen LogP contribution in [0.3, 0.4) is 0 Å². The minimum atomic E-state index is -0.636. The van der Waals surface area contributed by atoms with Crippen LogP contribution in [0, 0.1) is 0 Å². The summed E-state index contributed by atoms with van der Waals surface area (Å²) in [6.45, 7) is 4.87. The summed E-state index contributed by atoms with van der Waals surface area (Å²) < 4.78 is 11.8. The fourth-order valence-electron chi connectivity index (χ4n) is 5.40. The molecule has 1 heterocycles. The van der Waals surface area contributed by atoms with Crippen molar-refractivity contribution in [1.82, 2.24) is 5.32 Å². The van der Waals surface area contributed by atoms with Crippen LogP contribution in [0.4, 0.5) is 0 Å². The van der Waals surface area contributed by atoms with Crippen LogP contribution in [-0.4, -0.2) is 36.5 Å². The molecule has 1 aliphatic heterocycles. The third kappa shape index (κ3) is 2.32. The molecule has 1 aromatic carbocycles. The molecule has 4 rings (SSSR count). The van der Waals surface area contributed by atoms with Crippen molar-refractivity contribution in [2.45, 2.75) is 63.0 Å². The molecule has 1 unspecified atom stereocenters. The van der Waals surface area contributed by atoms with E-state index in [1.165, 1.54) is 12.5 Å². The summed E-state index contributed by atoms with van der Waals surface area (Å²) in [6, 6.07) is 6.25. The molecule has 0 amide bonds. The Morgan fingerprint density at radius 3 is 2.96 bits per heavy atom. The number of carbonyl (C=O) groups is 2. The number of benzene rings is 1. The van der Waals surface area contributed by atoms with E-state index < -0.39 is 11.0 Å². The lowest BCUT2D eigenvalue weighted by Gasteiger charge is -2.61. The van der Waals surface area contributed by atoms with Crippen molar-refractivity contribution in [1.29, 1.82) is 0 Å². The van der Waals surface area contributed by atoms with Crippen LogP contribution in [-0.2, 0) is 26.2 Å². The highest BCUT2D eigenvalue weighted by Crippen LogP contribution is 2.57. The van der Waals surface area contributed by atoms with E-state index in [4.69, 9.17) is 9.47 Å². The second-order valence-corrected chi connectivity index (χ2v) is 7.49. The van der Waals surface area contributed by atoms with Crippen molar-refractivity contribution >= 4 is 11.8 Å². The molecule has 25 heavy (non-hydrogen) atoms. The second-order valence-electron chi connectivity index (χ2n) is 7.49. The van der Waals surface area contributed by atoms with Crippen LogP contribution in [0.1, 0.15) is 50.7 Å². The number of carbonyl (C=O) groups excluding carboxylic acids is 2. The smallest absolute Gasteiger partial charge is 0.303 e. The number of piperidine rings is 1. The summed E-state index contributed by atoms with van der Waals surface area (Å²) in [5.41, 5.74) is 1.30. The molecule has 0 aromatic heterocycles. The molecule has 1 aromatic rings. The van der Waals surface area contributed by atoms with Crippen LogP contribution in [0.15, 0.2) is 18.2 Å². The predicted molar refractivity (Wildman–Crippen MR) is 92.8 cm³/mol. The minimum Gasteiger partial charge on any atom is -0.494 e. The van der Waals surface area contributed by atoms with Gasteiger partial charge in [-0.15, -0.1) is 0 Å². The van der Waals surface area contributed by atoms with Crippen molar-refractivity contribution < 1.29 is 19.1 Å². The molecule has 5 heteroatoms. The molecule has 5 nitrogen and oxygen atoms in total. The molecular formula is C20H25NO4. The summed E-state index contributed by atoms with van der Waals surface area (Å²) in [7, 11) is 0. The van der Waals surface area contributed by atoms with Crippen molar-refractivity contribution in [3.8, 4) is 5.75 Å². The number of ketones is 1. The van der Waals surface area contributed by atoms with E-state index in [1.54, 1.807) is 0 Å². The first-order valence-electron chi connectivity index (χ1n) is 9.21. The minimum absolute atomic E-state index is 0.0590. The first-order valence-corrected chi connectivity index (χ1v) is 9.21. The summed E-state index contributed by atoms with van der Waals surface area (Å²) in [5.74, 6) is 0.817. The Hall–Kier alpha value is -1.88. The molecule has 3 atom stereocenters. The highest BCUT2D eigenvalue weighted by Gasteiger charge is 2.65. The van der Waals surface area contributed by atoms with Crippen LogP contribution in [0.5, 0.6) is 5.75 Å². The highest BCUT2D eigenvalue weighted by atomic mass is 16.6. The van der Waals surface area contributed by atoms with E-state index in [1.807, 2.05) is 13.0 Å². The molecule has 134 valence electrons. The summed E-state index contributed by atoms with van der Waals surface area (Å²) in [5, 5.41) is 3.57. The summed E-state index contributed by atoms with van der Waals surface area (Å²) >= 11 is 0. The van der Waals surface area contributed by atoms with E-state index in [0.717, 1.165) is 30.7 Å². The van der Waals surface area contributed by atoms with E-state index >= 15 is 0 Å². The SMILES string of the molecule is CCOc1ccc2c(c1)[C@]13CCN[C@H](C2)C1(OC(C)=O)CCC(=O)C3. The number of esters is 1. The van der Waals surface area contributed by atoms with Crippen LogP contribution < -0.4 is 10.1 Å². The van der Waals surface area contributed by atoms with Gasteiger partial charge in [-0.05, 0) is 56.0 Å². The van der Waals surface area contributed by atoms with Crippen LogP contribution in [0.25, 0.3) is 0 Å². The molecule has 3 aliphatic rings. The third-order valence-corrected chi connectivity index (χ3v) is 6.25. The van der Waals surface area contributed by atoms with Gasteiger partial charge in [0.25, 0.3) is 0 Å². The molecule has 1 saturated carbocycles. The van der Waals surface area contributed by atoms with E-state index in [0.29, 0.717) is 25.9 Å². The summed E-state index contributed by atoms with van der Waals surface area (Å²) in [4.78, 5) is 24.5. The topological polar surface area (TPSA) is 64.6 Å². The maximum absolute atomic E-state index is 12.5. The van der Waals surface area contributed by atoms with Crippen molar-refractivity contribution in [3.05, 3.63) is 29.3 Å². The zero-order valence-corrected chi connectivity index (χ0v) is 14.9. The van der Waals surface area contributed by atoms with Crippen molar-refractivity contribution in [3.63, 3.8) is 0 Å². The lowest BCUT2D eigenvalue weighted by atomic mass is 9.49. The average Bonchev–Trinajstić information content (AvgIpc) is 2.55. The number of rotatable bonds is 3. The van der Waals surface area contributed by atoms with Gasteiger partial charge in [-0.1, -0.05) is 6.07 Å². The number of Topliss-reactive ketones (excluding diaryl/α,β-unsaturated/α-hetero) is 1. The molecule has 2 bridgehead atoms. The quantitative estimate of drug-likeness (QED) is 0.853. The van der Waals surface area contributed by atoms with Gasteiger partial charge in [-0.25, -0.2) is 0 Å². The largest absolute Gasteiger partial charge is 0.494 e. The maximum Gasteiger partial charge on any atom is 0.303 e. The lowest BCUT2D eigenvalue weighted by Crippen LogP contribution is -2.73. The van der Waals surface area contributed by atoms with Gasteiger partial charge in [0, 0.05) is 25.2 Å². The van der Waals surface area contributed by atoms with Gasteiger partial charge in [-0.2, -0.15) is 0 Å². The molecule has 2 aliphatic carbocycles. The predicted octanol–water partition coefficient (Wildman–Crippen LogP) is 2.30. The number of hydrogen-bond acceptors (Lipinski definition) is 5. The molecule has 0 spiro atoms. The number of ether oxygens (including phenoxy) is 2. The Bertz CT molecular complexity index is 730. The lowest BCUT2D eigenvalue weighted by molar-refractivity contribution is -0.189. The third-order valence-electron chi connectivity index (χ3n) is 6.25. The van der Waals surface area contributed by atoms with Crippen molar-refractivity contribution in [2.24, 2.45) is 0 Å². The van der Waals surface area contributed by atoms with E-state index in [-0.39, 0.29) is 17.8 Å². The maximum atomic E-state index is 12.5. The first kappa shape index (κ1) is 16.6. The molecule has 0 radical (unpaired) electrons. The van der Waals surface area contributed by atoms with Gasteiger partial charge in [0.05, 0.1) is 12.6 Å². The average molecular weight is 343 g/mol. The Balaban J connectivity index is 1.92. The van der Waals surface area contributed by atoms with Gasteiger partial charge < -0.3 is 14.8 Å². The van der Waals surface area contributed by atoms with Gasteiger partial charge in [0.2, 0.25) is 0 Å². The van der Waals surface area contributed by atoms with Crippen LogP contribution in [0.2, 0.25) is 0 Å². The Kier molecular flexibility index (Phi) is 3.87.